The van der Waals surface area contributed by atoms with Crippen LogP contribution in [0.25, 0.3) is 0 Å². The number of hydrogen-bond donors (Lipinski definition) is 1. The zero-order valence-electron chi connectivity index (χ0n) is 11.8. The lowest BCUT2D eigenvalue weighted by molar-refractivity contribution is -0.394. The molecule has 9 heteroatoms. The first-order valence-electron chi connectivity index (χ1n) is 6.30. The van der Waals surface area contributed by atoms with E-state index >= 15 is 0 Å². The Hall–Kier alpha value is -3.00. The van der Waals surface area contributed by atoms with E-state index in [-0.39, 0.29) is 16.1 Å². The maximum Gasteiger partial charge on any atom is 0.279 e. The van der Waals surface area contributed by atoms with Crippen LogP contribution in [0.2, 0.25) is 5.02 Å². The molecule has 0 spiro atoms. The average Bonchev–Trinajstić information content (AvgIpc) is 2.49. The number of carbonyl (C=O) groups excluding carboxylic acids is 1. The Labute approximate surface area is 135 Å². The third kappa shape index (κ3) is 3.43. The van der Waals surface area contributed by atoms with Crippen LogP contribution < -0.4 is 5.32 Å². The second-order valence-corrected chi connectivity index (χ2v) is 4.99. The number of benzene rings is 2. The van der Waals surface area contributed by atoms with Gasteiger partial charge >= 0.3 is 0 Å². The Morgan fingerprint density at radius 2 is 1.78 bits per heavy atom. The van der Waals surface area contributed by atoms with Gasteiger partial charge in [-0.15, -0.1) is 0 Å². The fraction of sp³-hybridized carbons (Fsp3) is 0.0714. The lowest BCUT2D eigenvalue weighted by atomic mass is 10.0. The highest BCUT2D eigenvalue weighted by molar-refractivity contribution is 6.33. The zero-order valence-corrected chi connectivity index (χ0v) is 12.5. The fourth-order valence-electron chi connectivity index (χ4n) is 1.97. The number of nitro benzene ring substituents is 2. The molecule has 2 rings (SSSR count). The van der Waals surface area contributed by atoms with Crippen molar-refractivity contribution in [3.63, 3.8) is 0 Å². The van der Waals surface area contributed by atoms with Crippen LogP contribution in [0.5, 0.6) is 0 Å². The fourth-order valence-corrected chi connectivity index (χ4v) is 2.15. The third-order valence-corrected chi connectivity index (χ3v) is 3.47. The summed E-state index contributed by atoms with van der Waals surface area (Å²) in [5.74, 6) is -0.720. The molecule has 0 aliphatic heterocycles. The minimum atomic E-state index is -0.793. The highest BCUT2D eigenvalue weighted by atomic mass is 35.5. The van der Waals surface area contributed by atoms with Crippen molar-refractivity contribution in [2.75, 3.05) is 5.32 Å². The quantitative estimate of drug-likeness (QED) is 0.675. The maximum atomic E-state index is 12.3. The summed E-state index contributed by atoms with van der Waals surface area (Å²) >= 11 is 5.93. The van der Waals surface area contributed by atoms with Crippen molar-refractivity contribution in [1.29, 1.82) is 0 Å². The molecule has 0 aromatic heterocycles. The van der Waals surface area contributed by atoms with E-state index in [0.717, 1.165) is 12.1 Å². The lowest BCUT2D eigenvalue weighted by Gasteiger charge is -2.09. The van der Waals surface area contributed by atoms with Gasteiger partial charge in [-0.25, -0.2) is 0 Å². The van der Waals surface area contributed by atoms with Crippen molar-refractivity contribution in [3.8, 4) is 0 Å². The Morgan fingerprint density at radius 3 is 2.35 bits per heavy atom. The van der Waals surface area contributed by atoms with E-state index in [4.69, 9.17) is 11.6 Å². The van der Waals surface area contributed by atoms with Crippen molar-refractivity contribution in [3.05, 3.63) is 72.8 Å². The predicted molar refractivity (Wildman–Crippen MR) is 83.9 cm³/mol. The second kappa shape index (κ2) is 6.41. The Bertz CT molecular complexity index is 822. The molecule has 8 nitrogen and oxygen atoms in total. The van der Waals surface area contributed by atoms with E-state index in [2.05, 4.69) is 5.32 Å². The molecule has 118 valence electrons. The molecule has 0 unspecified atom stereocenters. The van der Waals surface area contributed by atoms with E-state index in [1.165, 1.54) is 6.92 Å². The molecule has 0 heterocycles. The lowest BCUT2D eigenvalue weighted by Crippen LogP contribution is -2.15. The van der Waals surface area contributed by atoms with Crippen LogP contribution in [0, 0.1) is 27.2 Å². The van der Waals surface area contributed by atoms with E-state index in [9.17, 15) is 25.0 Å². The summed E-state index contributed by atoms with van der Waals surface area (Å²) in [6, 6.07) is 8.23. The second-order valence-electron chi connectivity index (χ2n) is 4.59. The van der Waals surface area contributed by atoms with Gasteiger partial charge in [0.15, 0.2) is 0 Å². The van der Waals surface area contributed by atoms with Gasteiger partial charge in [0, 0.05) is 11.6 Å². The van der Waals surface area contributed by atoms with Crippen molar-refractivity contribution < 1.29 is 14.6 Å². The molecular formula is C14H10ClN3O5. The van der Waals surface area contributed by atoms with Crippen molar-refractivity contribution >= 4 is 34.6 Å². The summed E-state index contributed by atoms with van der Waals surface area (Å²) in [5, 5.41) is 24.7. The molecule has 2 aromatic rings. The molecule has 0 radical (unpaired) electrons. The van der Waals surface area contributed by atoms with Gasteiger partial charge < -0.3 is 5.32 Å². The minimum Gasteiger partial charge on any atom is -0.321 e. The van der Waals surface area contributed by atoms with Gasteiger partial charge in [0.05, 0.1) is 32.2 Å². The van der Waals surface area contributed by atoms with Gasteiger partial charge in [0.25, 0.3) is 17.3 Å². The van der Waals surface area contributed by atoms with Crippen LogP contribution in [0.3, 0.4) is 0 Å². The highest BCUT2D eigenvalue weighted by Gasteiger charge is 2.24. The predicted octanol–water partition coefficient (Wildman–Crippen LogP) is 3.72. The number of carbonyl (C=O) groups is 1. The van der Waals surface area contributed by atoms with Crippen LogP contribution >= 0.6 is 11.6 Å². The zero-order chi connectivity index (χ0) is 17.1. The van der Waals surface area contributed by atoms with Gasteiger partial charge in [0.2, 0.25) is 0 Å². The summed E-state index contributed by atoms with van der Waals surface area (Å²) in [7, 11) is 0. The molecule has 1 N–H and O–H groups in total. The maximum absolute atomic E-state index is 12.3. The molecule has 0 atom stereocenters. The van der Waals surface area contributed by atoms with E-state index in [1.807, 2.05) is 0 Å². The number of nitro groups is 2. The van der Waals surface area contributed by atoms with Crippen LogP contribution in [0.15, 0.2) is 36.4 Å². The molecule has 2 aromatic carbocycles. The summed E-state index contributed by atoms with van der Waals surface area (Å²) in [4.78, 5) is 32.7. The molecule has 1 amide bonds. The average molecular weight is 336 g/mol. The molecule has 0 fully saturated rings. The first-order valence-corrected chi connectivity index (χ1v) is 6.68. The van der Waals surface area contributed by atoms with E-state index < -0.39 is 27.1 Å². The van der Waals surface area contributed by atoms with Gasteiger partial charge in [-0.3, -0.25) is 25.0 Å². The van der Waals surface area contributed by atoms with Crippen molar-refractivity contribution in [2.45, 2.75) is 6.92 Å². The number of anilines is 1. The number of hydrogen-bond acceptors (Lipinski definition) is 5. The number of halogens is 1. The molecule has 0 saturated carbocycles. The summed E-state index contributed by atoms with van der Waals surface area (Å²) in [6.45, 7) is 1.35. The largest absolute Gasteiger partial charge is 0.321 e. The molecular weight excluding hydrogens is 326 g/mol. The van der Waals surface area contributed by atoms with Crippen LogP contribution in [0.1, 0.15) is 15.9 Å². The number of para-hydroxylation sites is 1. The Morgan fingerprint density at radius 1 is 1.13 bits per heavy atom. The number of nitrogens with one attached hydrogen (secondary N) is 1. The van der Waals surface area contributed by atoms with Crippen molar-refractivity contribution in [2.24, 2.45) is 0 Å². The molecule has 0 aliphatic carbocycles. The Kier molecular flexibility index (Phi) is 4.56. The number of rotatable bonds is 4. The van der Waals surface area contributed by atoms with Gasteiger partial charge in [0.1, 0.15) is 0 Å². The first kappa shape index (κ1) is 16.4. The minimum absolute atomic E-state index is 0.0325. The van der Waals surface area contributed by atoms with E-state index in [1.54, 1.807) is 24.3 Å². The number of non-ortho nitro benzene ring substituents is 1. The van der Waals surface area contributed by atoms with Crippen LogP contribution in [-0.4, -0.2) is 15.8 Å². The van der Waals surface area contributed by atoms with Gasteiger partial charge in [-0.1, -0.05) is 23.7 Å². The normalized spacial score (nSPS) is 10.2. The summed E-state index contributed by atoms with van der Waals surface area (Å²) < 4.78 is 0. The van der Waals surface area contributed by atoms with Gasteiger partial charge in [-0.05, 0) is 19.1 Å². The van der Waals surface area contributed by atoms with Gasteiger partial charge in [-0.2, -0.15) is 0 Å². The topological polar surface area (TPSA) is 115 Å². The highest BCUT2D eigenvalue weighted by Crippen LogP contribution is 2.29. The van der Waals surface area contributed by atoms with Crippen LogP contribution in [-0.2, 0) is 0 Å². The standard InChI is InChI=1S/C14H10ClN3O5/c1-8-10(6-9(17(20)21)7-13(8)18(22)23)14(19)16-12-5-3-2-4-11(12)15/h2-7H,1H3,(H,16,19). The molecule has 0 aliphatic rings. The molecule has 0 saturated heterocycles. The van der Waals surface area contributed by atoms with E-state index in [0.29, 0.717) is 5.69 Å². The molecule has 23 heavy (non-hydrogen) atoms. The first-order chi connectivity index (χ1) is 10.8. The monoisotopic (exact) mass is 335 g/mol. The smallest absolute Gasteiger partial charge is 0.279 e. The summed E-state index contributed by atoms with van der Waals surface area (Å²) in [5.41, 5.74) is -0.862. The summed E-state index contributed by atoms with van der Waals surface area (Å²) in [6.07, 6.45) is 0. The third-order valence-electron chi connectivity index (χ3n) is 3.14. The SMILES string of the molecule is Cc1c(C(=O)Nc2ccccc2Cl)cc([N+](=O)[O-])cc1[N+](=O)[O-]. The number of amides is 1. The van der Waals surface area contributed by atoms with Crippen LogP contribution in [0.4, 0.5) is 17.1 Å². The van der Waals surface area contributed by atoms with Crippen molar-refractivity contribution in [1.82, 2.24) is 0 Å². The Balaban J connectivity index is 2.49. The molecule has 0 bridgehead atoms. The number of nitrogens with zero attached hydrogens (tertiary/aromatic N) is 2.